The SMILES string of the molecule is C[N+](C)(C)CCOC(=O)N(Cc1ccccc1)Cc1ccccc1.[I-]. The predicted octanol–water partition coefficient (Wildman–Crippen LogP) is 0.536. The van der Waals surface area contributed by atoms with Gasteiger partial charge in [0.15, 0.2) is 0 Å². The van der Waals surface area contributed by atoms with Gasteiger partial charge in [0.25, 0.3) is 0 Å². The van der Waals surface area contributed by atoms with Crippen molar-refractivity contribution in [2.75, 3.05) is 34.3 Å². The van der Waals surface area contributed by atoms with Crippen LogP contribution in [0.3, 0.4) is 0 Å². The van der Waals surface area contributed by atoms with Crippen molar-refractivity contribution in [2.45, 2.75) is 13.1 Å². The topological polar surface area (TPSA) is 29.5 Å². The Morgan fingerprint density at radius 3 is 1.72 bits per heavy atom. The highest BCUT2D eigenvalue weighted by atomic mass is 127. The van der Waals surface area contributed by atoms with E-state index in [4.69, 9.17) is 4.74 Å². The zero-order chi connectivity index (χ0) is 17.4. The van der Waals surface area contributed by atoms with Gasteiger partial charge in [-0.1, -0.05) is 60.7 Å². The minimum absolute atomic E-state index is 0. The highest BCUT2D eigenvalue weighted by Gasteiger charge is 2.17. The molecule has 2 aromatic carbocycles. The molecule has 0 fully saturated rings. The molecule has 0 atom stereocenters. The van der Waals surface area contributed by atoms with Gasteiger partial charge in [0.2, 0.25) is 0 Å². The maximum atomic E-state index is 12.5. The number of amides is 1. The quantitative estimate of drug-likeness (QED) is 0.452. The van der Waals surface area contributed by atoms with E-state index in [1.807, 2.05) is 60.7 Å². The molecule has 4 nitrogen and oxygen atoms in total. The van der Waals surface area contributed by atoms with Crippen LogP contribution in [0.15, 0.2) is 60.7 Å². The second kappa shape index (κ2) is 10.4. The molecule has 5 heteroatoms. The van der Waals surface area contributed by atoms with E-state index in [1.165, 1.54) is 0 Å². The minimum atomic E-state index is -0.267. The van der Waals surface area contributed by atoms with E-state index in [1.54, 1.807) is 4.90 Å². The van der Waals surface area contributed by atoms with Gasteiger partial charge in [-0.2, -0.15) is 0 Å². The number of quaternary nitrogens is 1. The predicted molar refractivity (Wildman–Crippen MR) is 96.4 cm³/mol. The molecule has 0 bridgehead atoms. The number of halogens is 1. The molecule has 0 saturated carbocycles. The maximum absolute atomic E-state index is 12.5. The number of benzene rings is 2. The summed E-state index contributed by atoms with van der Waals surface area (Å²) in [5.74, 6) is 0. The first kappa shape index (κ1) is 21.4. The fourth-order valence-electron chi connectivity index (χ4n) is 2.29. The second-order valence-corrected chi connectivity index (χ2v) is 6.96. The standard InChI is InChI=1S/C20H27N2O2.HI/c1-22(2,3)14-15-24-20(23)21(16-18-10-6-4-7-11-18)17-19-12-8-5-9-13-19;/h4-13H,14-17H2,1-3H3;1H/q+1;/p-1. The van der Waals surface area contributed by atoms with Crippen molar-refractivity contribution in [3.8, 4) is 0 Å². The molecular formula is C20H27IN2O2. The Hall–Kier alpha value is -1.60. The zero-order valence-corrected chi connectivity index (χ0v) is 17.3. The van der Waals surface area contributed by atoms with E-state index < -0.39 is 0 Å². The first-order valence-electron chi connectivity index (χ1n) is 8.24. The van der Waals surface area contributed by atoms with Crippen LogP contribution < -0.4 is 24.0 Å². The number of ether oxygens (including phenoxy) is 1. The third-order valence-corrected chi connectivity index (χ3v) is 3.68. The summed E-state index contributed by atoms with van der Waals surface area (Å²) in [5, 5.41) is 0. The van der Waals surface area contributed by atoms with Crippen molar-refractivity contribution < 1.29 is 38.0 Å². The average Bonchev–Trinajstić information content (AvgIpc) is 2.55. The minimum Gasteiger partial charge on any atom is -1.00 e. The van der Waals surface area contributed by atoms with Gasteiger partial charge in [0.05, 0.1) is 21.1 Å². The van der Waals surface area contributed by atoms with Gasteiger partial charge >= 0.3 is 6.09 Å². The van der Waals surface area contributed by atoms with E-state index in [-0.39, 0.29) is 30.1 Å². The molecule has 0 aliphatic rings. The molecule has 136 valence electrons. The van der Waals surface area contributed by atoms with Gasteiger partial charge in [-0.25, -0.2) is 4.79 Å². The van der Waals surface area contributed by atoms with Crippen LogP contribution >= 0.6 is 0 Å². The average molecular weight is 454 g/mol. The van der Waals surface area contributed by atoms with Crippen molar-refractivity contribution in [3.63, 3.8) is 0 Å². The molecule has 0 aliphatic carbocycles. The van der Waals surface area contributed by atoms with Gasteiger partial charge in [-0.3, -0.25) is 4.90 Å². The van der Waals surface area contributed by atoms with Crippen molar-refractivity contribution >= 4 is 6.09 Å². The first-order valence-corrected chi connectivity index (χ1v) is 8.24. The Morgan fingerprint density at radius 1 is 0.880 bits per heavy atom. The number of nitrogens with zero attached hydrogens (tertiary/aromatic N) is 2. The molecule has 0 heterocycles. The Morgan fingerprint density at radius 2 is 1.32 bits per heavy atom. The summed E-state index contributed by atoms with van der Waals surface area (Å²) in [4.78, 5) is 14.3. The Balaban J connectivity index is 0.00000312. The van der Waals surface area contributed by atoms with Gasteiger partial charge < -0.3 is 33.2 Å². The summed E-state index contributed by atoms with van der Waals surface area (Å²) in [6.07, 6.45) is -0.267. The van der Waals surface area contributed by atoms with Crippen molar-refractivity contribution in [2.24, 2.45) is 0 Å². The molecule has 2 aromatic rings. The lowest BCUT2D eigenvalue weighted by Crippen LogP contribution is -3.00. The molecule has 25 heavy (non-hydrogen) atoms. The summed E-state index contributed by atoms with van der Waals surface area (Å²) in [7, 11) is 6.25. The third-order valence-electron chi connectivity index (χ3n) is 3.68. The number of rotatable bonds is 7. The van der Waals surface area contributed by atoms with Gasteiger partial charge in [-0.05, 0) is 11.1 Å². The largest absolute Gasteiger partial charge is 1.00 e. The molecule has 0 N–H and O–H groups in total. The van der Waals surface area contributed by atoms with Crippen molar-refractivity contribution in [1.82, 2.24) is 4.90 Å². The van der Waals surface area contributed by atoms with Crippen molar-refractivity contribution in [1.29, 1.82) is 0 Å². The van der Waals surface area contributed by atoms with E-state index in [2.05, 4.69) is 21.1 Å². The van der Waals surface area contributed by atoms with Crippen LogP contribution in [-0.4, -0.2) is 49.8 Å². The molecule has 0 aliphatic heterocycles. The van der Waals surface area contributed by atoms with E-state index in [9.17, 15) is 4.79 Å². The number of likely N-dealkylation sites (N-methyl/N-ethyl adjacent to an activating group) is 1. The zero-order valence-electron chi connectivity index (χ0n) is 15.2. The first-order chi connectivity index (χ1) is 11.4. The molecule has 1 amide bonds. The molecule has 0 radical (unpaired) electrons. The summed E-state index contributed by atoms with van der Waals surface area (Å²) in [5.41, 5.74) is 2.19. The lowest BCUT2D eigenvalue weighted by atomic mass is 10.2. The lowest BCUT2D eigenvalue weighted by molar-refractivity contribution is -0.870. The van der Waals surface area contributed by atoms with Crippen LogP contribution in [0.4, 0.5) is 4.79 Å². The maximum Gasteiger partial charge on any atom is 0.410 e. The molecule has 0 unspecified atom stereocenters. The Kier molecular flexibility index (Phi) is 8.92. The summed E-state index contributed by atoms with van der Waals surface area (Å²) >= 11 is 0. The van der Waals surface area contributed by atoms with Gasteiger partial charge in [-0.15, -0.1) is 0 Å². The van der Waals surface area contributed by atoms with E-state index >= 15 is 0 Å². The van der Waals surface area contributed by atoms with Crippen LogP contribution in [0.25, 0.3) is 0 Å². The third kappa shape index (κ3) is 8.36. The van der Waals surface area contributed by atoms with Crippen LogP contribution in [0.2, 0.25) is 0 Å². The number of carbonyl (C=O) groups excluding carboxylic acids is 1. The smallest absolute Gasteiger partial charge is 0.410 e. The number of carbonyl (C=O) groups is 1. The molecular weight excluding hydrogens is 427 g/mol. The summed E-state index contributed by atoms with van der Waals surface area (Å²) in [6, 6.07) is 20.0. The molecule has 0 saturated heterocycles. The van der Waals surface area contributed by atoms with Crippen LogP contribution in [0.5, 0.6) is 0 Å². The van der Waals surface area contributed by atoms with Gasteiger partial charge in [0, 0.05) is 13.1 Å². The lowest BCUT2D eigenvalue weighted by Gasteiger charge is -2.26. The van der Waals surface area contributed by atoms with Crippen LogP contribution in [0, 0.1) is 0 Å². The van der Waals surface area contributed by atoms with Crippen LogP contribution in [-0.2, 0) is 17.8 Å². The Labute approximate surface area is 168 Å². The highest BCUT2D eigenvalue weighted by Crippen LogP contribution is 2.11. The fourth-order valence-corrected chi connectivity index (χ4v) is 2.29. The van der Waals surface area contributed by atoms with Gasteiger partial charge in [0.1, 0.15) is 13.2 Å². The normalized spacial score (nSPS) is 10.7. The summed E-state index contributed by atoms with van der Waals surface area (Å²) in [6.45, 7) is 2.29. The molecule has 2 rings (SSSR count). The fraction of sp³-hybridized carbons (Fsp3) is 0.350. The van der Waals surface area contributed by atoms with Crippen LogP contribution in [0.1, 0.15) is 11.1 Å². The highest BCUT2D eigenvalue weighted by molar-refractivity contribution is 5.67. The van der Waals surface area contributed by atoms with E-state index in [0.717, 1.165) is 22.2 Å². The number of hydrogen-bond donors (Lipinski definition) is 0. The monoisotopic (exact) mass is 454 g/mol. The second-order valence-electron chi connectivity index (χ2n) is 6.96. The summed E-state index contributed by atoms with van der Waals surface area (Å²) < 4.78 is 6.26. The van der Waals surface area contributed by atoms with Crippen molar-refractivity contribution in [3.05, 3.63) is 71.8 Å². The molecule has 0 spiro atoms. The van der Waals surface area contributed by atoms with E-state index in [0.29, 0.717) is 19.7 Å². The molecule has 0 aromatic heterocycles. The Bertz CT molecular complexity index is 586. The number of hydrogen-bond acceptors (Lipinski definition) is 2.